The maximum absolute atomic E-state index is 14.1. The summed E-state index contributed by atoms with van der Waals surface area (Å²) in [5.41, 5.74) is 13.7. The molecule has 0 aliphatic carbocycles. The van der Waals surface area contributed by atoms with Gasteiger partial charge in [0.05, 0.1) is 23.7 Å². The van der Waals surface area contributed by atoms with Gasteiger partial charge in [0.1, 0.15) is 6.54 Å². The first-order chi connectivity index (χ1) is 22.5. The van der Waals surface area contributed by atoms with E-state index in [1.54, 1.807) is 17.0 Å². The molecule has 47 heavy (non-hydrogen) atoms. The molecule has 0 fully saturated rings. The second kappa shape index (κ2) is 15.9. The molecular formula is C34H36F3N5O5. The lowest BCUT2D eigenvalue weighted by Crippen LogP contribution is -2.42. The lowest BCUT2D eigenvalue weighted by atomic mass is 9.95. The standard InChI is InChI=1S/C34H36F3N5O5/c35-34(36,37)32(46)47-29(44)18-20-41-22-28(43)42(30(24-12-6-3-7-13-24)25-14-8-4-9-15-25)27-17-16-23(21-26(27)31(41)45)11-5-1-2-10-19-40-33(38)39/h3-4,6-9,12-17,21,30H,1-2,5,10-11,18-20,22H2,(H4,38,39,40). The summed E-state index contributed by atoms with van der Waals surface area (Å²) in [6, 6.07) is 23.3. The van der Waals surface area contributed by atoms with Crippen molar-refractivity contribution in [2.75, 3.05) is 24.5 Å². The van der Waals surface area contributed by atoms with Crippen molar-refractivity contribution in [3.8, 4) is 0 Å². The van der Waals surface area contributed by atoms with Crippen LogP contribution in [0.15, 0.2) is 83.9 Å². The summed E-state index contributed by atoms with van der Waals surface area (Å²) in [7, 11) is 0. The van der Waals surface area contributed by atoms with Crippen LogP contribution in [0.3, 0.4) is 0 Å². The number of esters is 2. The molecule has 0 atom stereocenters. The fourth-order valence-electron chi connectivity index (χ4n) is 5.40. The molecule has 10 nitrogen and oxygen atoms in total. The predicted molar refractivity (Wildman–Crippen MR) is 169 cm³/mol. The van der Waals surface area contributed by atoms with Gasteiger partial charge in [-0.25, -0.2) is 4.79 Å². The van der Waals surface area contributed by atoms with E-state index in [0.29, 0.717) is 18.7 Å². The second-order valence-corrected chi connectivity index (χ2v) is 11.0. The number of unbranched alkanes of at least 4 members (excludes halogenated alkanes) is 3. The van der Waals surface area contributed by atoms with Gasteiger partial charge < -0.3 is 21.1 Å². The Bertz CT molecular complexity index is 1560. The first kappa shape index (κ1) is 34.7. The maximum atomic E-state index is 14.1. The van der Waals surface area contributed by atoms with Gasteiger partial charge in [-0.3, -0.25) is 24.3 Å². The van der Waals surface area contributed by atoms with Crippen molar-refractivity contribution in [2.24, 2.45) is 16.5 Å². The molecule has 13 heteroatoms. The summed E-state index contributed by atoms with van der Waals surface area (Å²) >= 11 is 0. The topological polar surface area (TPSA) is 148 Å². The third-order valence-electron chi connectivity index (χ3n) is 7.61. The van der Waals surface area contributed by atoms with Crippen molar-refractivity contribution in [3.63, 3.8) is 0 Å². The fraction of sp³-hybridized carbons (Fsp3) is 0.324. The number of carbonyl (C=O) groups is 4. The molecule has 4 rings (SSSR count). The van der Waals surface area contributed by atoms with Crippen LogP contribution < -0.4 is 16.4 Å². The number of benzene rings is 3. The number of nitrogens with zero attached hydrogens (tertiary/aromatic N) is 3. The minimum atomic E-state index is -5.35. The molecule has 0 radical (unpaired) electrons. The van der Waals surface area contributed by atoms with E-state index in [1.807, 2.05) is 66.7 Å². The number of halogens is 3. The summed E-state index contributed by atoms with van der Waals surface area (Å²) in [6.45, 7) is -0.365. The number of amides is 2. The van der Waals surface area contributed by atoms with Gasteiger partial charge >= 0.3 is 18.1 Å². The van der Waals surface area contributed by atoms with E-state index in [4.69, 9.17) is 11.5 Å². The zero-order chi connectivity index (χ0) is 34.0. The van der Waals surface area contributed by atoms with Crippen molar-refractivity contribution < 1.29 is 37.1 Å². The lowest BCUT2D eigenvalue weighted by Gasteiger charge is -2.33. The number of guanidine groups is 1. The van der Waals surface area contributed by atoms with E-state index >= 15 is 0 Å². The molecule has 248 valence electrons. The highest BCUT2D eigenvalue weighted by Crippen LogP contribution is 2.38. The lowest BCUT2D eigenvalue weighted by molar-refractivity contribution is -0.201. The van der Waals surface area contributed by atoms with Crippen LogP contribution in [0.2, 0.25) is 0 Å². The molecule has 0 saturated heterocycles. The molecule has 0 saturated carbocycles. The first-order valence-electron chi connectivity index (χ1n) is 15.2. The fourth-order valence-corrected chi connectivity index (χ4v) is 5.40. The number of alkyl halides is 3. The number of fused-ring (bicyclic) bond motifs is 1. The Morgan fingerprint density at radius 1 is 0.872 bits per heavy atom. The van der Waals surface area contributed by atoms with Gasteiger partial charge in [-0.1, -0.05) is 79.6 Å². The summed E-state index contributed by atoms with van der Waals surface area (Å²) in [5.74, 6) is -5.11. The van der Waals surface area contributed by atoms with E-state index < -0.39 is 55.5 Å². The number of hydrogen-bond donors (Lipinski definition) is 2. The van der Waals surface area contributed by atoms with Crippen molar-refractivity contribution in [1.29, 1.82) is 0 Å². The van der Waals surface area contributed by atoms with Gasteiger partial charge in [-0.15, -0.1) is 0 Å². The molecule has 3 aromatic carbocycles. The van der Waals surface area contributed by atoms with Gasteiger partial charge in [0.25, 0.3) is 5.91 Å². The van der Waals surface area contributed by atoms with Crippen LogP contribution >= 0.6 is 0 Å². The van der Waals surface area contributed by atoms with E-state index in [2.05, 4.69) is 9.73 Å². The monoisotopic (exact) mass is 651 g/mol. The summed E-state index contributed by atoms with van der Waals surface area (Å²) in [6.07, 6.45) is -2.00. The molecule has 1 aliphatic rings. The SMILES string of the molecule is NC(N)=NCCCCCCc1ccc2c(c1)C(=O)N(CCC(=O)OC(=O)C(F)(F)F)CC(=O)N2C(c1ccccc1)c1ccccc1. The van der Waals surface area contributed by atoms with Gasteiger partial charge in [0.15, 0.2) is 5.96 Å². The summed E-state index contributed by atoms with van der Waals surface area (Å²) < 4.78 is 41.7. The molecule has 2 amide bonds. The molecule has 1 aliphatic heterocycles. The van der Waals surface area contributed by atoms with E-state index in [9.17, 15) is 32.3 Å². The predicted octanol–water partition coefficient (Wildman–Crippen LogP) is 4.66. The van der Waals surface area contributed by atoms with Crippen LogP contribution in [0.1, 0.15) is 65.2 Å². The van der Waals surface area contributed by atoms with Crippen molar-refractivity contribution in [2.45, 2.75) is 50.7 Å². The normalized spacial score (nSPS) is 13.3. The van der Waals surface area contributed by atoms with Crippen LogP contribution in [0.5, 0.6) is 0 Å². The van der Waals surface area contributed by atoms with Gasteiger partial charge in [0.2, 0.25) is 5.91 Å². The van der Waals surface area contributed by atoms with Gasteiger partial charge in [-0.2, -0.15) is 13.2 Å². The quantitative estimate of drug-likeness (QED) is 0.0898. The third-order valence-corrected chi connectivity index (χ3v) is 7.61. The zero-order valence-electron chi connectivity index (χ0n) is 25.6. The summed E-state index contributed by atoms with van der Waals surface area (Å²) in [5, 5.41) is 0. The molecule has 0 spiro atoms. The Morgan fingerprint density at radius 3 is 2.09 bits per heavy atom. The summed E-state index contributed by atoms with van der Waals surface area (Å²) in [4.78, 5) is 58.0. The highest BCUT2D eigenvalue weighted by Gasteiger charge is 2.43. The molecule has 0 aromatic heterocycles. The average Bonchev–Trinajstić information content (AvgIpc) is 3.14. The van der Waals surface area contributed by atoms with Crippen LogP contribution in [0, 0.1) is 0 Å². The number of aryl methyl sites for hydroxylation is 1. The number of ether oxygens (including phenoxy) is 1. The van der Waals surface area contributed by atoms with E-state index in [1.165, 1.54) is 0 Å². The Balaban J connectivity index is 1.65. The number of nitrogens with two attached hydrogens (primary N) is 2. The molecule has 1 heterocycles. The number of carbonyl (C=O) groups excluding carboxylic acids is 4. The largest absolute Gasteiger partial charge is 0.491 e. The molecule has 4 N–H and O–H groups in total. The minimum Gasteiger partial charge on any atom is -0.386 e. The van der Waals surface area contributed by atoms with E-state index in [0.717, 1.165) is 47.3 Å². The zero-order valence-corrected chi connectivity index (χ0v) is 25.6. The third kappa shape index (κ3) is 9.41. The van der Waals surface area contributed by atoms with Crippen molar-refractivity contribution in [3.05, 3.63) is 101 Å². The maximum Gasteiger partial charge on any atom is 0.491 e. The van der Waals surface area contributed by atoms with Gasteiger partial charge in [0, 0.05) is 13.1 Å². The Labute approximate surface area is 270 Å². The Kier molecular flexibility index (Phi) is 11.7. The van der Waals surface area contributed by atoms with Crippen LogP contribution in [0.4, 0.5) is 18.9 Å². The first-order valence-corrected chi connectivity index (χ1v) is 15.2. The Morgan fingerprint density at radius 2 is 1.49 bits per heavy atom. The molecule has 3 aromatic rings. The number of hydrogen-bond acceptors (Lipinski definition) is 6. The smallest absolute Gasteiger partial charge is 0.386 e. The molecular weight excluding hydrogens is 615 g/mol. The molecule has 0 unspecified atom stereocenters. The van der Waals surface area contributed by atoms with E-state index in [-0.39, 0.29) is 11.5 Å². The second-order valence-electron chi connectivity index (χ2n) is 11.0. The van der Waals surface area contributed by atoms with Crippen LogP contribution in [0.25, 0.3) is 0 Å². The number of anilines is 1. The van der Waals surface area contributed by atoms with Crippen molar-refractivity contribution in [1.82, 2.24) is 4.90 Å². The highest BCUT2D eigenvalue weighted by atomic mass is 19.4. The average molecular weight is 652 g/mol. The highest BCUT2D eigenvalue weighted by molar-refractivity contribution is 6.10. The van der Waals surface area contributed by atoms with Gasteiger partial charge in [-0.05, 0) is 48.1 Å². The number of aliphatic imine (C=N–C) groups is 1. The number of rotatable bonds is 13. The Hall–Kier alpha value is -5.20. The van der Waals surface area contributed by atoms with Crippen molar-refractivity contribution >= 4 is 35.4 Å². The minimum absolute atomic E-state index is 0.0506. The van der Waals surface area contributed by atoms with Crippen LogP contribution in [-0.2, 0) is 25.5 Å². The van der Waals surface area contributed by atoms with Crippen LogP contribution in [-0.4, -0.2) is 60.4 Å². The molecule has 0 bridgehead atoms.